The molecule has 0 spiro atoms. The Morgan fingerprint density at radius 3 is 2.46 bits per heavy atom. The number of rotatable bonds is 5. The minimum absolute atomic E-state index is 0.0267. The van der Waals surface area contributed by atoms with E-state index < -0.39 is 17.5 Å². The molecule has 0 aliphatic carbocycles. The van der Waals surface area contributed by atoms with Crippen LogP contribution in [-0.2, 0) is 4.79 Å². The summed E-state index contributed by atoms with van der Waals surface area (Å²) in [4.78, 5) is 27.9. The molecule has 1 atom stereocenters. The zero-order chi connectivity index (χ0) is 17.7. The molecule has 1 aromatic carbocycles. The average Bonchev–Trinajstić information content (AvgIpc) is 2.58. The number of hydrogen-bond donors (Lipinski definition) is 1. The van der Waals surface area contributed by atoms with Gasteiger partial charge in [-0.3, -0.25) is 14.5 Å². The standard InChI is InChI=1S/C17H23F2N3O2/c1-3-6-20-16(23)12(2)21-7-9-22(10-8-21)17(24)14-5-4-13(18)11-15(14)19/h4-5,11-12H,3,6-10H2,1-2H3,(H,20,23)/t12-/m0/s1. The second kappa shape index (κ2) is 8.19. The maximum atomic E-state index is 13.7. The highest BCUT2D eigenvalue weighted by Crippen LogP contribution is 2.15. The molecular weight excluding hydrogens is 316 g/mol. The smallest absolute Gasteiger partial charge is 0.256 e. The third-order valence-corrected chi connectivity index (χ3v) is 4.24. The quantitative estimate of drug-likeness (QED) is 0.887. The molecule has 7 heteroatoms. The summed E-state index contributed by atoms with van der Waals surface area (Å²) in [5.74, 6) is -2.04. The lowest BCUT2D eigenvalue weighted by atomic mass is 10.1. The molecule has 0 radical (unpaired) electrons. The number of carbonyl (C=O) groups excluding carboxylic acids is 2. The van der Waals surface area contributed by atoms with E-state index >= 15 is 0 Å². The van der Waals surface area contributed by atoms with Crippen LogP contribution in [0.25, 0.3) is 0 Å². The number of hydrogen-bond acceptors (Lipinski definition) is 3. The summed E-state index contributed by atoms with van der Waals surface area (Å²) in [7, 11) is 0. The Hall–Kier alpha value is -2.02. The van der Waals surface area contributed by atoms with Crippen LogP contribution in [-0.4, -0.2) is 60.4 Å². The molecule has 1 aromatic rings. The first kappa shape index (κ1) is 18.3. The van der Waals surface area contributed by atoms with Gasteiger partial charge >= 0.3 is 0 Å². The minimum atomic E-state index is -0.852. The van der Waals surface area contributed by atoms with Crippen molar-refractivity contribution in [2.24, 2.45) is 0 Å². The predicted octanol–water partition coefficient (Wildman–Crippen LogP) is 1.64. The molecule has 0 unspecified atom stereocenters. The van der Waals surface area contributed by atoms with Gasteiger partial charge in [-0.2, -0.15) is 0 Å². The topological polar surface area (TPSA) is 52.7 Å². The zero-order valence-electron chi connectivity index (χ0n) is 14.0. The van der Waals surface area contributed by atoms with Gasteiger partial charge in [-0.15, -0.1) is 0 Å². The highest BCUT2D eigenvalue weighted by Gasteiger charge is 2.28. The first-order valence-electron chi connectivity index (χ1n) is 8.20. The van der Waals surface area contributed by atoms with Gasteiger partial charge in [0.1, 0.15) is 11.6 Å². The lowest BCUT2D eigenvalue weighted by Crippen LogP contribution is -2.55. The van der Waals surface area contributed by atoms with E-state index in [0.29, 0.717) is 38.8 Å². The molecule has 1 N–H and O–H groups in total. The Morgan fingerprint density at radius 1 is 1.21 bits per heavy atom. The van der Waals surface area contributed by atoms with Gasteiger partial charge in [-0.25, -0.2) is 8.78 Å². The van der Waals surface area contributed by atoms with Crippen molar-refractivity contribution >= 4 is 11.8 Å². The highest BCUT2D eigenvalue weighted by molar-refractivity contribution is 5.94. The maximum absolute atomic E-state index is 13.7. The lowest BCUT2D eigenvalue weighted by Gasteiger charge is -2.37. The van der Waals surface area contributed by atoms with Crippen LogP contribution in [0.1, 0.15) is 30.6 Å². The monoisotopic (exact) mass is 339 g/mol. The van der Waals surface area contributed by atoms with Gasteiger partial charge in [0.15, 0.2) is 0 Å². The van der Waals surface area contributed by atoms with Crippen molar-refractivity contribution in [1.29, 1.82) is 0 Å². The predicted molar refractivity (Wildman–Crippen MR) is 86.6 cm³/mol. The lowest BCUT2D eigenvalue weighted by molar-refractivity contribution is -0.126. The normalized spacial score (nSPS) is 16.8. The van der Waals surface area contributed by atoms with Gasteiger partial charge < -0.3 is 10.2 Å². The van der Waals surface area contributed by atoms with E-state index in [0.717, 1.165) is 12.5 Å². The summed E-state index contributed by atoms with van der Waals surface area (Å²) in [6.07, 6.45) is 0.879. The average molecular weight is 339 g/mol. The van der Waals surface area contributed by atoms with Crippen molar-refractivity contribution in [2.45, 2.75) is 26.3 Å². The molecule has 5 nitrogen and oxygen atoms in total. The SMILES string of the molecule is CCCNC(=O)[C@H](C)N1CCN(C(=O)c2ccc(F)cc2F)CC1. The van der Waals surface area contributed by atoms with E-state index in [1.165, 1.54) is 11.0 Å². The summed E-state index contributed by atoms with van der Waals surface area (Å²) in [6, 6.07) is 2.69. The Labute approximate surface area is 140 Å². The van der Waals surface area contributed by atoms with E-state index in [-0.39, 0.29) is 17.5 Å². The number of nitrogens with one attached hydrogen (secondary N) is 1. The van der Waals surface area contributed by atoms with Crippen LogP contribution >= 0.6 is 0 Å². The molecule has 132 valence electrons. The number of benzene rings is 1. The molecule has 1 aliphatic rings. The molecule has 2 amide bonds. The van der Waals surface area contributed by atoms with Gasteiger partial charge in [-0.05, 0) is 25.5 Å². The zero-order valence-corrected chi connectivity index (χ0v) is 14.0. The number of nitrogens with zero attached hydrogens (tertiary/aromatic N) is 2. The number of piperazine rings is 1. The van der Waals surface area contributed by atoms with Crippen molar-refractivity contribution in [3.8, 4) is 0 Å². The van der Waals surface area contributed by atoms with Gasteiger partial charge in [0.25, 0.3) is 5.91 Å². The molecule has 1 heterocycles. The minimum Gasteiger partial charge on any atom is -0.355 e. The molecule has 0 bridgehead atoms. The van der Waals surface area contributed by atoms with Crippen molar-refractivity contribution < 1.29 is 18.4 Å². The van der Waals surface area contributed by atoms with Crippen LogP contribution in [0.5, 0.6) is 0 Å². The molecule has 1 fully saturated rings. The van der Waals surface area contributed by atoms with Gasteiger partial charge in [0.2, 0.25) is 5.91 Å². The Balaban J connectivity index is 1.92. The van der Waals surface area contributed by atoms with Gasteiger partial charge in [0.05, 0.1) is 11.6 Å². The fraction of sp³-hybridized carbons (Fsp3) is 0.529. The van der Waals surface area contributed by atoms with Crippen molar-refractivity contribution in [3.63, 3.8) is 0 Å². The Morgan fingerprint density at radius 2 is 1.88 bits per heavy atom. The van der Waals surface area contributed by atoms with E-state index in [1.54, 1.807) is 0 Å². The second-order valence-electron chi connectivity index (χ2n) is 5.92. The third kappa shape index (κ3) is 4.29. The van der Waals surface area contributed by atoms with Crippen LogP contribution in [0.3, 0.4) is 0 Å². The molecule has 0 saturated carbocycles. The number of halogens is 2. The van der Waals surface area contributed by atoms with E-state index in [1.807, 2.05) is 18.7 Å². The van der Waals surface area contributed by atoms with Crippen LogP contribution in [0.4, 0.5) is 8.78 Å². The van der Waals surface area contributed by atoms with E-state index in [9.17, 15) is 18.4 Å². The Bertz CT molecular complexity index is 601. The first-order valence-corrected chi connectivity index (χ1v) is 8.20. The van der Waals surface area contributed by atoms with E-state index in [4.69, 9.17) is 0 Å². The van der Waals surface area contributed by atoms with Crippen LogP contribution in [0.15, 0.2) is 18.2 Å². The summed E-state index contributed by atoms with van der Waals surface area (Å²) in [5.41, 5.74) is -0.126. The fourth-order valence-electron chi connectivity index (χ4n) is 2.71. The maximum Gasteiger partial charge on any atom is 0.256 e. The molecular formula is C17H23F2N3O2. The van der Waals surface area contributed by atoms with Gasteiger partial charge in [0, 0.05) is 38.8 Å². The summed E-state index contributed by atoms with van der Waals surface area (Å²) >= 11 is 0. The van der Waals surface area contributed by atoms with E-state index in [2.05, 4.69) is 5.32 Å². The Kier molecular flexibility index (Phi) is 6.25. The number of amides is 2. The molecule has 1 saturated heterocycles. The largest absolute Gasteiger partial charge is 0.355 e. The molecule has 2 rings (SSSR count). The van der Waals surface area contributed by atoms with Crippen molar-refractivity contribution in [3.05, 3.63) is 35.4 Å². The molecule has 0 aromatic heterocycles. The third-order valence-electron chi connectivity index (χ3n) is 4.24. The molecule has 1 aliphatic heterocycles. The van der Waals surface area contributed by atoms with Crippen LogP contribution < -0.4 is 5.32 Å². The van der Waals surface area contributed by atoms with Crippen LogP contribution in [0.2, 0.25) is 0 Å². The fourth-order valence-corrected chi connectivity index (χ4v) is 2.71. The number of carbonyl (C=O) groups is 2. The molecule has 24 heavy (non-hydrogen) atoms. The van der Waals surface area contributed by atoms with Crippen molar-refractivity contribution in [2.75, 3.05) is 32.7 Å². The highest BCUT2D eigenvalue weighted by atomic mass is 19.1. The first-order chi connectivity index (χ1) is 11.4. The van der Waals surface area contributed by atoms with Gasteiger partial charge in [-0.1, -0.05) is 6.92 Å². The summed E-state index contributed by atoms with van der Waals surface area (Å²) < 4.78 is 26.7. The van der Waals surface area contributed by atoms with Crippen molar-refractivity contribution in [1.82, 2.24) is 15.1 Å². The van der Waals surface area contributed by atoms with Crippen LogP contribution in [0, 0.1) is 11.6 Å². The summed E-state index contributed by atoms with van der Waals surface area (Å²) in [5, 5.41) is 2.86. The second-order valence-corrected chi connectivity index (χ2v) is 5.92. The summed E-state index contributed by atoms with van der Waals surface area (Å²) in [6.45, 7) is 6.35.